The Morgan fingerprint density at radius 2 is 1.38 bits per heavy atom. The van der Waals surface area contributed by atoms with Crippen molar-refractivity contribution in [3.8, 4) is 0 Å². The summed E-state index contributed by atoms with van der Waals surface area (Å²) in [6, 6.07) is 5.02. The fourth-order valence-electron chi connectivity index (χ4n) is 2.75. The van der Waals surface area contributed by atoms with Crippen molar-refractivity contribution >= 4 is 20.0 Å². The summed E-state index contributed by atoms with van der Waals surface area (Å²) in [4.78, 5) is -0.00182. The first-order valence-electron chi connectivity index (χ1n) is 6.73. The van der Waals surface area contributed by atoms with Crippen molar-refractivity contribution < 1.29 is 16.8 Å². The smallest absolute Gasteiger partial charge is 0.225 e. The summed E-state index contributed by atoms with van der Waals surface area (Å²) < 4.78 is 49.0. The zero-order chi connectivity index (χ0) is 15.8. The van der Waals surface area contributed by atoms with Gasteiger partial charge in [-0.05, 0) is 42.5 Å². The third-order valence-corrected chi connectivity index (χ3v) is 6.40. The highest BCUT2D eigenvalue weighted by molar-refractivity contribution is 7.89. The van der Waals surface area contributed by atoms with Gasteiger partial charge in [0.25, 0.3) is 0 Å². The largest absolute Gasteiger partial charge is 0.243 e. The van der Waals surface area contributed by atoms with Crippen LogP contribution in [0.3, 0.4) is 0 Å². The lowest BCUT2D eigenvalue weighted by molar-refractivity contribution is 0.222. The van der Waals surface area contributed by atoms with Crippen molar-refractivity contribution in [3.63, 3.8) is 0 Å². The summed E-state index contributed by atoms with van der Waals surface area (Å²) in [5, 5.41) is 5.01. The third kappa shape index (κ3) is 3.63. The van der Waals surface area contributed by atoms with Crippen LogP contribution in [0.1, 0.15) is 20.3 Å². The van der Waals surface area contributed by atoms with Crippen LogP contribution in [0.15, 0.2) is 34.1 Å². The van der Waals surface area contributed by atoms with Gasteiger partial charge in [0, 0.05) is 13.1 Å². The first kappa shape index (κ1) is 16.4. The standard InChI is InChI=1S/C13H20N2O4S2/c1-10-7-11(2)9-15(8-10)21(18,19)13-5-3-12(4-6-13)20(14,16)17/h3-6,10-11H,7-9H2,1-2H3,(H2,14,16,17)/t10-,11-/m1/s1. The zero-order valence-corrected chi connectivity index (χ0v) is 13.7. The number of hydrogen-bond donors (Lipinski definition) is 1. The SMILES string of the molecule is C[C@@H]1C[C@@H](C)CN(S(=O)(=O)c2ccc(S(N)(=O)=O)cc2)C1. The summed E-state index contributed by atoms with van der Waals surface area (Å²) in [7, 11) is -7.41. The zero-order valence-electron chi connectivity index (χ0n) is 12.1. The van der Waals surface area contributed by atoms with E-state index in [0.717, 1.165) is 6.42 Å². The highest BCUT2D eigenvalue weighted by Crippen LogP contribution is 2.27. The average Bonchev–Trinajstić information content (AvgIpc) is 2.36. The van der Waals surface area contributed by atoms with E-state index in [-0.39, 0.29) is 9.79 Å². The molecule has 1 heterocycles. The summed E-state index contributed by atoms with van der Waals surface area (Å²) >= 11 is 0. The van der Waals surface area contributed by atoms with Crippen LogP contribution < -0.4 is 5.14 Å². The van der Waals surface area contributed by atoms with Crippen LogP contribution in [0.25, 0.3) is 0 Å². The molecule has 2 N–H and O–H groups in total. The van der Waals surface area contributed by atoms with Gasteiger partial charge >= 0.3 is 0 Å². The molecule has 0 spiro atoms. The quantitative estimate of drug-likeness (QED) is 0.893. The Morgan fingerprint density at radius 1 is 0.952 bits per heavy atom. The lowest BCUT2D eigenvalue weighted by Gasteiger charge is -2.34. The van der Waals surface area contributed by atoms with Crippen molar-refractivity contribution in [2.75, 3.05) is 13.1 Å². The third-order valence-electron chi connectivity index (χ3n) is 3.63. The molecule has 0 radical (unpaired) electrons. The summed E-state index contributed by atoms with van der Waals surface area (Å²) in [6.07, 6.45) is 1.01. The molecular formula is C13H20N2O4S2. The molecule has 0 aliphatic carbocycles. The van der Waals surface area contributed by atoms with E-state index in [2.05, 4.69) is 0 Å². The van der Waals surface area contributed by atoms with E-state index < -0.39 is 20.0 Å². The average molecular weight is 332 g/mol. The minimum absolute atomic E-state index is 0.0937. The normalized spacial score (nSPS) is 24.9. The van der Waals surface area contributed by atoms with Gasteiger partial charge in [0.2, 0.25) is 20.0 Å². The molecule has 1 aliphatic rings. The number of sulfonamides is 2. The number of nitrogens with two attached hydrogens (primary N) is 1. The van der Waals surface area contributed by atoms with Gasteiger partial charge in [-0.25, -0.2) is 22.0 Å². The van der Waals surface area contributed by atoms with Crippen LogP contribution in [0.2, 0.25) is 0 Å². The monoisotopic (exact) mass is 332 g/mol. The molecule has 0 aromatic heterocycles. The predicted octanol–water partition coefficient (Wildman–Crippen LogP) is 1.00. The lowest BCUT2D eigenvalue weighted by Crippen LogP contribution is -2.42. The maximum Gasteiger partial charge on any atom is 0.243 e. The molecule has 21 heavy (non-hydrogen) atoms. The highest BCUT2D eigenvalue weighted by Gasteiger charge is 2.31. The molecule has 0 saturated carbocycles. The maximum atomic E-state index is 12.6. The van der Waals surface area contributed by atoms with Gasteiger partial charge in [-0.3, -0.25) is 0 Å². The van der Waals surface area contributed by atoms with Gasteiger partial charge in [-0.1, -0.05) is 13.8 Å². The molecule has 1 fully saturated rings. The number of benzene rings is 1. The maximum absolute atomic E-state index is 12.6. The van der Waals surface area contributed by atoms with Crippen LogP contribution >= 0.6 is 0 Å². The van der Waals surface area contributed by atoms with E-state index in [4.69, 9.17) is 5.14 Å². The highest BCUT2D eigenvalue weighted by atomic mass is 32.2. The number of piperidine rings is 1. The first-order valence-corrected chi connectivity index (χ1v) is 9.72. The Labute approximate surface area is 126 Å². The molecule has 0 bridgehead atoms. The summed E-state index contributed by atoms with van der Waals surface area (Å²) in [5.74, 6) is 0.624. The second-order valence-corrected chi connectivity index (χ2v) is 9.28. The number of nitrogens with zero attached hydrogens (tertiary/aromatic N) is 1. The number of hydrogen-bond acceptors (Lipinski definition) is 4. The molecular weight excluding hydrogens is 312 g/mol. The molecule has 0 unspecified atom stereocenters. The van der Waals surface area contributed by atoms with E-state index in [9.17, 15) is 16.8 Å². The lowest BCUT2D eigenvalue weighted by atomic mass is 9.94. The fraction of sp³-hybridized carbons (Fsp3) is 0.538. The molecule has 118 valence electrons. The minimum atomic E-state index is -3.82. The molecule has 1 saturated heterocycles. The van der Waals surface area contributed by atoms with Crippen molar-refractivity contribution in [1.29, 1.82) is 0 Å². The van der Waals surface area contributed by atoms with Crippen LogP contribution in [0.5, 0.6) is 0 Å². The molecule has 0 amide bonds. The van der Waals surface area contributed by atoms with Crippen LogP contribution in [-0.4, -0.2) is 34.2 Å². The molecule has 8 heteroatoms. The second-order valence-electron chi connectivity index (χ2n) is 5.78. The second kappa shape index (κ2) is 5.68. The van der Waals surface area contributed by atoms with Gasteiger partial charge in [0.1, 0.15) is 0 Å². The predicted molar refractivity (Wildman–Crippen MR) is 79.5 cm³/mol. The van der Waals surface area contributed by atoms with Crippen molar-refractivity contribution in [1.82, 2.24) is 4.31 Å². The van der Waals surface area contributed by atoms with E-state index in [1.165, 1.54) is 28.6 Å². The molecule has 1 aromatic rings. The minimum Gasteiger partial charge on any atom is -0.225 e. The van der Waals surface area contributed by atoms with E-state index in [1.54, 1.807) is 0 Å². The Kier molecular flexibility index (Phi) is 4.44. The van der Waals surface area contributed by atoms with Crippen LogP contribution in [0, 0.1) is 11.8 Å². The van der Waals surface area contributed by atoms with Crippen LogP contribution in [0.4, 0.5) is 0 Å². The van der Waals surface area contributed by atoms with E-state index in [0.29, 0.717) is 24.9 Å². The van der Waals surface area contributed by atoms with Crippen molar-refractivity contribution in [2.24, 2.45) is 17.0 Å². The molecule has 2 atom stereocenters. The Morgan fingerprint density at radius 3 is 1.81 bits per heavy atom. The van der Waals surface area contributed by atoms with E-state index in [1.807, 2.05) is 13.8 Å². The fourth-order valence-corrected chi connectivity index (χ4v) is 4.95. The van der Waals surface area contributed by atoms with Gasteiger partial charge in [0.05, 0.1) is 9.79 Å². The van der Waals surface area contributed by atoms with E-state index >= 15 is 0 Å². The first-order chi connectivity index (χ1) is 9.60. The number of rotatable bonds is 3. The van der Waals surface area contributed by atoms with Crippen molar-refractivity contribution in [2.45, 2.75) is 30.1 Å². The van der Waals surface area contributed by atoms with Gasteiger partial charge in [-0.2, -0.15) is 4.31 Å². The van der Waals surface area contributed by atoms with Crippen LogP contribution in [-0.2, 0) is 20.0 Å². The molecule has 6 nitrogen and oxygen atoms in total. The Bertz CT molecular complexity index is 701. The molecule has 2 rings (SSSR count). The summed E-state index contributed by atoms with van der Waals surface area (Å²) in [6.45, 7) is 5.04. The number of primary sulfonamides is 1. The van der Waals surface area contributed by atoms with Gasteiger partial charge in [-0.15, -0.1) is 0 Å². The van der Waals surface area contributed by atoms with Gasteiger partial charge in [0.15, 0.2) is 0 Å². The summed E-state index contributed by atoms with van der Waals surface area (Å²) in [5.41, 5.74) is 0. The molecule has 1 aliphatic heterocycles. The van der Waals surface area contributed by atoms with Crippen molar-refractivity contribution in [3.05, 3.63) is 24.3 Å². The molecule has 1 aromatic carbocycles. The van der Waals surface area contributed by atoms with Gasteiger partial charge < -0.3 is 0 Å². The Hall–Kier alpha value is -0.960. The topological polar surface area (TPSA) is 97.5 Å². The Balaban J connectivity index is 2.31.